The fraction of sp³-hybridized carbons (Fsp3) is 0.500. The van der Waals surface area contributed by atoms with Crippen LogP contribution in [0.1, 0.15) is 6.92 Å². The van der Waals surface area contributed by atoms with E-state index in [-0.39, 0.29) is 6.10 Å². The molecule has 0 N–H and O–H groups in total. The summed E-state index contributed by atoms with van der Waals surface area (Å²) in [5.74, 6) is -0.429. The molecule has 2 heterocycles. The fourth-order valence-electron chi connectivity index (χ4n) is 1.64. The smallest absolute Gasteiger partial charge is 0.214 e. The zero-order valence-electron chi connectivity index (χ0n) is 8.11. The Hall–Kier alpha value is -1.16. The van der Waals surface area contributed by atoms with E-state index in [1.165, 1.54) is 12.3 Å². The minimum Gasteiger partial charge on any atom is -0.375 e. The quantitative estimate of drug-likeness (QED) is 0.635. The van der Waals surface area contributed by atoms with Crippen LogP contribution in [0, 0.1) is 5.95 Å². The van der Waals surface area contributed by atoms with Gasteiger partial charge in [0.05, 0.1) is 12.7 Å². The van der Waals surface area contributed by atoms with Crippen molar-refractivity contribution in [3.8, 4) is 0 Å². The van der Waals surface area contributed by atoms with Crippen molar-refractivity contribution < 1.29 is 9.13 Å². The lowest BCUT2D eigenvalue weighted by Gasteiger charge is -2.32. The number of hydrogen-bond acceptors (Lipinski definition) is 3. The van der Waals surface area contributed by atoms with E-state index in [2.05, 4.69) is 9.88 Å². The number of nitrogens with zero attached hydrogens (tertiary/aromatic N) is 2. The molecule has 3 nitrogen and oxygen atoms in total. The van der Waals surface area contributed by atoms with Gasteiger partial charge in [0, 0.05) is 31.0 Å². The predicted molar refractivity (Wildman–Crippen MR) is 51.8 cm³/mol. The van der Waals surface area contributed by atoms with Gasteiger partial charge in [-0.3, -0.25) is 0 Å². The van der Waals surface area contributed by atoms with Crippen LogP contribution in [0.4, 0.5) is 10.1 Å². The lowest BCUT2D eigenvalue weighted by molar-refractivity contribution is 0.0532. The van der Waals surface area contributed by atoms with Crippen LogP contribution in [0.2, 0.25) is 0 Å². The van der Waals surface area contributed by atoms with Crippen molar-refractivity contribution in [3.05, 3.63) is 24.3 Å². The highest BCUT2D eigenvalue weighted by Crippen LogP contribution is 2.17. The molecule has 1 unspecified atom stereocenters. The molecule has 1 saturated heterocycles. The van der Waals surface area contributed by atoms with E-state index in [0.29, 0.717) is 6.61 Å². The van der Waals surface area contributed by atoms with Gasteiger partial charge in [-0.15, -0.1) is 0 Å². The number of anilines is 1. The average Bonchev–Trinajstić information content (AvgIpc) is 2.18. The minimum absolute atomic E-state index is 0.208. The number of aromatic nitrogens is 1. The predicted octanol–water partition coefficient (Wildman–Crippen LogP) is 1.45. The Bertz CT molecular complexity index is 319. The van der Waals surface area contributed by atoms with Gasteiger partial charge in [-0.25, -0.2) is 4.98 Å². The van der Waals surface area contributed by atoms with Crippen LogP contribution < -0.4 is 4.90 Å². The molecule has 1 aromatic heterocycles. The molecule has 0 spiro atoms. The minimum atomic E-state index is -0.429. The van der Waals surface area contributed by atoms with Gasteiger partial charge in [-0.05, 0) is 13.0 Å². The van der Waals surface area contributed by atoms with Crippen LogP contribution >= 0.6 is 0 Å². The summed E-state index contributed by atoms with van der Waals surface area (Å²) in [7, 11) is 0. The summed E-state index contributed by atoms with van der Waals surface area (Å²) in [4.78, 5) is 5.64. The monoisotopic (exact) mass is 196 g/mol. The number of halogens is 1. The van der Waals surface area contributed by atoms with Gasteiger partial charge < -0.3 is 9.64 Å². The summed E-state index contributed by atoms with van der Waals surface area (Å²) in [6.07, 6.45) is 1.70. The average molecular weight is 196 g/mol. The highest BCUT2D eigenvalue weighted by Gasteiger charge is 2.17. The Balaban J connectivity index is 2.14. The number of hydrogen-bond donors (Lipinski definition) is 0. The Labute approximate surface area is 82.5 Å². The van der Waals surface area contributed by atoms with Gasteiger partial charge in [-0.2, -0.15) is 4.39 Å². The second kappa shape index (κ2) is 3.92. The van der Waals surface area contributed by atoms with E-state index in [9.17, 15) is 4.39 Å². The topological polar surface area (TPSA) is 25.4 Å². The standard InChI is InChI=1S/C10H13FN2O/c1-8-7-13(4-5-14-8)9-2-3-12-10(11)6-9/h2-3,6,8H,4-5,7H2,1H3. The zero-order chi connectivity index (χ0) is 9.97. The van der Waals surface area contributed by atoms with Gasteiger partial charge in [-0.1, -0.05) is 0 Å². The molecule has 0 bridgehead atoms. The number of rotatable bonds is 1. The highest BCUT2D eigenvalue weighted by atomic mass is 19.1. The molecule has 76 valence electrons. The molecule has 2 rings (SSSR count). The van der Waals surface area contributed by atoms with E-state index < -0.39 is 5.95 Å². The SMILES string of the molecule is CC1CN(c2ccnc(F)c2)CCO1. The molecule has 0 amide bonds. The second-order valence-corrected chi connectivity index (χ2v) is 3.46. The lowest BCUT2D eigenvalue weighted by Crippen LogP contribution is -2.41. The first-order valence-electron chi connectivity index (χ1n) is 4.74. The van der Waals surface area contributed by atoms with Crippen molar-refractivity contribution in [2.75, 3.05) is 24.6 Å². The highest BCUT2D eigenvalue weighted by molar-refractivity contribution is 5.45. The first-order chi connectivity index (χ1) is 6.75. The van der Waals surface area contributed by atoms with Crippen molar-refractivity contribution in [1.29, 1.82) is 0 Å². The maximum absolute atomic E-state index is 12.9. The first-order valence-corrected chi connectivity index (χ1v) is 4.74. The van der Waals surface area contributed by atoms with Crippen LogP contribution in [0.5, 0.6) is 0 Å². The van der Waals surface area contributed by atoms with E-state index >= 15 is 0 Å². The molecule has 4 heteroatoms. The summed E-state index contributed by atoms with van der Waals surface area (Å²) in [6.45, 7) is 4.34. The van der Waals surface area contributed by atoms with Crippen molar-refractivity contribution in [2.45, 2.75) is 13.0 Å². The molecule has 0 aromatic carbocycles. The molecule has 14 heavy (non-hydrogen) atoms. The van der Waals surface area contributed by atoms with Crippen molar-refractivity contribution >= 4 is 5.69 Å². The third-order valence-corrected chi connectivity index (χ3v) is 2.32. The van der Waals surface area contributed by atoms with Crippen LogP contribution in [-0.2, 0) is 4.74 Å². The third kappa shape index (κ3) is 2.01. The second-order valence-electron chi connectivity index (χ2n) is 3.46. The Kier molecular flexibility index (Phi) is 2.63. The maximum Gasteiger partial charge on any atom is 0.214 e. The van der Waals surface area contributed by atoms with Gasteiger partial charge in [0.25, 0.3) is 0 Å². The molecule has 1 aliphatic heterocycles. The number of pyridine rings is 1. The summed E-state index contributed by atoms with van der Waals surface area (Å²) in [5, 5.41) is 0. The zero-order valence-corrected chi connectivity index (χ0v) is 8.11. The van der Waals surface area contributed by atoms with Crippen LogP contribution in [-0.4, -0.2) is 30.8 Å². The molecular formula is C10H13FN2O. The fourth-order valence-corrected chi connectivity index (χ4v) is 1.64. The van der Waals surface area contributed by atoms with E-state index in [4.69, 9.17) is 4.74 Å². The molecule has 1 aliphatic rings. The lowest BCUT2D eigenvalue weighted by atomic mass is 10.2. The van der Waals surface area contributed by atoms with Crippen molar-refractivity contribution in [3.63, 3.8) is 0 Å². The van der Waals surface area contributed by atoms with E-state index in [1.807, 2.05) is 13.0 Å². The Morgan fingerprint density at radius 1 is 1.64 bits per heavy atom. The molecule has 1 fully saturated rings. The molecule has 1 atom stereocenters. The molecular weight excluding hydrogens is 183 g/mol. The molecule has 0 radical (unpaired) electrons. The van der Waals surface area contributed by atoms with E-state index in [0.717, 1.165) is 18.8 Å². The maximum atomic E-state index is 12.9. The number of ether oxygens (including phenoxy) is 1. The van der Waals surface area contributed by atoms with Crippen molar-refractivity contribution in [2.24, 2.45) is 0 Å². The Morgan fingerprint density at radius 3 is 3.21 bits per heavy atom. The van der Waals surface area contributed by atoms with Gasteiger partial charge in [0.2, 0.25) is 5.95 Å². The van der Waals surface area contributed by atoms with Gasteiger partial charge in [0.1, 0.15) is 0 Å². The van der Waals surface area contributed by atoms with Crippen molar-refractivity contribution in [1.82, 2.24) is 4.98 Å². The normalized spacial score (nSPS) is 22.4. The summed E-state index contributed by atoms with van der Waals surface area (Å²) in [5.41, 5.74) is 0.882. The van der Waals surface area contributed by atoms with Crippen LogP contribution in [0.15, 0.2) is 18.3 Å². The molecule has 1 aromatic rings. The third-order valence-electron chi connectivity index (χ3n) is 2.32. The van der Waals surface area contributed by atoms with Crippen LogP contribution in [0.3, 0.4) is 0 Å². The van der Waals surface area contributed by atoms with Gasteiger partial charge in [0.15, 0.2) is 0 Å². The van der Waals surface area contributed by atoms with E-state index in [1.54, 1.807) is 0 Å². The number of morpholine rings is 1. The molecule has 0 aliphatic carbocycles. The summed E-state index contributed by atoms with van der Waals surface area (Å²) < 4.78 is 18.3. The van der Waals surface area contributed by atoms with Gasteiger partial charge >= 0.3 is 0 Å². The Morgan fingerprint density at radius 2 is 2.50 bits per heavy atom. The summed E-state index contributed by atoms with van der Waals surface area (Å²) >= 11 is 0. The van der Waals surface area contributed by atoms with Crippen LogP contribution in [0.25, 0.3) is 0 Å². The first kappa shape index (κ1) is 9.40. The largest absolute Gasteiger partial charge is 0.375 e. The molecule has 0 saturated carbocycles. The summed E-state index contributed by atoms with van der Waals surface area (Å²) in [6, 6.07) is 3.28.